The van der Waals surface area contributed by atoms with E-state index in [-0.39, 0.29) is 17.3 Å². The van der Waals surface area contributed by atoms with Crippen LogP contribution in [0.25, 0.3) is 6.08 Å². The third-order valence-corrected chi connectivity index (χ3v) is 2.73. The lowest BCUT2D eigenvalue weighted by molar-refractivity contribution is 0.104. The standard InChI is InChI=1S/C14H14N2O3/c1-16-11(7-8-15-16)4-6-12(17)10-3-5-13(18)14(9-10)19-2/h3-9,18H,1-2H3. The van der Waals surface area contributed by atoms with Crippen molar-refractivity contribution in [3.63, 3.8) is 0 Å². The van der Waals surface area contributed by atoms with Crippen molar-refractivity contribution < 1.29 is 14.6 Å². The third kappa shape index (κ3) is 2.82. The van der Waals surface area contributed by atoms with Gasteiger partial charge in [0.1, 0.15) is 0 Å². The maximum atomic E-state index is 12.0. The van der Waals surface area contributed by atoms with Crippen molar-refractivity contribution in [1.29, 1.82) is 0 Å². The van der Waals surface area contributed by atoms with Gasteiger partial charge < -0.3 is 9.84 Å². The van der Waals surface area contributed by atoms with E-state index in [9.17, 15) is 9.90 Å². The van der Waals surface area contributed by atoms with Gasteiger partial charge in [-0.25, -0.2) is 0 Å². The molecule has 1 aromatic carbocycles. The number of carbonyl (C=O) groups is 1. The lowest BCUT2D eigenvalue weighted by Gasteiger charge is -2.04. The second-order valence-electron chi connectivity index (χ2n) is 3.96. The SMILES string of the molecule is COc1cc(C(=O)C=Cc2ccnn2C)ccc1O. The molecule has 0 unspecified atom stereocenters. The van der Waals surface area contributed by atoms with Crippen LogP contribution in [0.15, 0.2) is 36.5 Å². The highest BCUT2D eigenvalue weighted by atomic mass is 16.5. The number of carbonyl (C=O) groups excluding carboxylic acids is 1. The molecule has 2 rings (SSSR count). The summed E-state index contributed by atoms with van der Waals surface area (Å²) >= 11 is 0. The maximum Gasteiger partial charge on any atom is 0.186 e. The quantitative estimate of drug-likeness (QED) is 0.673. The number of aromatic hydroxyl groups is 1. The first-order valence-electron chi connectivity index (χ1n) is 5.69. The zero-order valence-corrected chi connectivity index (χ0v) is 10.7. The van der Waals surface area contributed by atoms with Gasteiger partial charge in [0.15, 0.2) is 17.3 Å². The van der Waals surface area contributed by atoms with Gasteiger partial charge in [-0.15, -0.1) is 0 Å². The lowest BCUT2D eigenvalue weighted by Crippen LogP contribution is -1.97. The minimum Gasteiger partial charge on any atom is -0.504 e. The predicted molar refractivity (Wildman–Crippen MR) is 71.2 cm³/mol. The summed E-state index contributed by atoms with van der Waals surface area (Å²) in [4.78, 5) is 12.0. The number of phenolic OH excluding ortho intramolecular Hbond substituents is 1. The van der Waals surface area contributed by atoms with Gasteiger partial charge in [0.2, 0.25) is 0 Å². The second kappa shape index (κ2) is 5.39. The highest BCUT2D eigenvalue weighted by Crippen LogP contribution is 2.26. The predicted octanol–water partition coefficient (Wildman–Crippen LogP) is 2.03. The van der Waals surface area contributed by atoms with Crippen LogP contribution in [0.2, 0.25) is 0 Å². The summed E-state index contributed by atoms with van der Waals surface area (Å²) in [5.74, 6) is 0.119. The molecule has 0 radical (unpaired) electrons. The van der Waals surface area contributed by atoms with Crippen LogP contribution in [0.4, 0.5) is 0 Å². The molecular weight excluding hydrogens is 244 g/mol. The normalized spacial score (nSPS) is 10.8. The fourth-order valence-electron chi connectivity index (χ4n) is 1.64. The molecule has 0 aliphatic carbocycles. The first-order valence-corrected chi connectivity index (χ1v) is 5.69. The molecule has 2 aromatic rings. The van der Waals surface area contributed by atoms with E-state index in [0.29, 0.717) is 5.56 Å². The number of nitrogens with zero attached hydrogens (tertiary/aromatic N) is 2. The van der Waals surface area contributed by atoms with Crippen molar-refractivity contribution in [1.82, 2.24) is 9.78 Å². The number of aryl methyl sites for hydroxylation is 1. The summed E-state index contributed by atoms with van der Waals surface area (Å²) in [6, 6.07) is 6.30. The molecule has 1 N–H and O–H groups in total. The van der Waals surface area contributed by atoms with E-state index >= 15 is 0 Å². The van der Waals surface area contributed by atoms with Crippen LogP contribution < -0.4 is 4.74 Å². The number of allylic oxidation sites excluding steroid dienone is 1. The fourth-order valence-corrected chi connectivity index (χ4v) is 1.64. The van der Waals surface area contributed by atoms with Crippen LogP contribution >= 0.6 is 0 Å². The van der Waals surface area contributed by atoms with Crippen molar-refractivity contribution in [3.05, 3.63) is 47.8 Å². The monoisotopic (exact) mass is 258 g/mol. The summed E-state index contributed by atoms with van der Waals surface area (Å²) in [5, 5.41) is 13.5. The molecule has 0 fully saturated rings. The van der Waals surface area contributed by atoms with Gasteiger partial charge in [-0.3, -0.25) is 9.48 Å². The number of phenols is 1. The Labute approximate surface area is 110 Å². The van der Waals surface area contributed by atoms with Gasteiger partial charge in [0, 0.05) is 18.8 Å². The molecule has 1 aromatic heterocycles. The van der Waals surface area contributed by atoms with E-state index in [0.717, 1.165) is 5.69 Å². The Morgan fingerprint density at radius 2 is 2.21 bits per heavy atom. The summed E-state index contributed by atoms with van der Waals surface area (Å²) in [6.45, 7) is 0. The number of hydrogen-bond acceptors (Lipinski definition) is 4. The van der Waals surface area contributed by atoms with Crippen molar-refractivity contribution in [3.8, 4) is 11.5 Å². The number of benzene rings is 1. The Balaban J connectivity index is 2.21. The van der Waals surface area contributed by atoms with E-state index in [2.05, 4.69) is 5.10 Å². The number of rotatable bonds is 4. The summed E-state index contributed by atoms with van der Waals surface area (Å²) < 4.78 is 6.63. The van der Waals surface area contributed by atoms with Crippen molar-refractivity contribution in [2.24, 2.45) is 7.05 Å². The summed E-state index contributed by atoms with van der Waals surface area (Å²) in [6.07, 6.45) is 4.81. The third-order valence-electron chi connectivity index (χ3n) is 2.73. The first kappa shape index (κ1) is 12.9. The van der Waals surface area contributed by atoms with E-state index < -0.39 is 0 Å². The average Bonchev–Trinajstić information content (AvgIpc) is 2.82. The van der Waals surface area contributed by atoms with Crippen LogP contribution in [-0.4, -0.2) is 27.8 Å². The van der Waals surface area contributed by atoms with Gasteiger partial charge in [0.25, 0.3) is 0 Å². The van der Waals surface area contributed by atoms with Gasteiger partial charge in [-0.05, 0) is 36.4 Å². The molecule has 0 aliphatic heterocycles. The first-order chi connectivity index (χ1) is 9.11. The van der Waals surface area contributed by atoms with Gasteiger partial charge in [-0.1, -0.05) is 0 Å². The molecule has 0 aliphatic rings. The molecule has 0 spiro atoms. The number of ether oxygens (including phenoxy) is 1. The Kier molecular flexibility index (Phi) is 3.66. The molecule has 1 heterocycles. The zero-order chi connectivity index (χ0) is 13.8. The lowest BCUT2D eigenvalue weighted by atomic mass is 10.1. The molecule has 0 atom stereocenters. The largest absolute Gasteiger partial charge is 0.504 e. The van der Waals surface area contributed by atoms with Crippen molar-refractivity contribution in [2.75, 3.05) is 7.11 Å². The zero-order valence-electron chi connectivity index (χ0n) is 10.7. The minimum absolute atomic E-state index is 0.00895. The van der Waals surface area contributed by atoms with Crippen LogP contribution in [0, 0.1) is 0 Å². The minimum atomic E-state index is -0.167. The van der Waals surface area contributed by atoms with Crippen molar-refractivity contribution >= 4 is 11.9 Å². The van der Waals surface area contributed by atoms with E-state index in [4.69, 9.17) is 4.74 Å². The highest BCUT2D eigenvalue weighted by Gasteiger charge is 2.07. The molecule has 5 nitrogen and oxygen atoms in total. The van der Waals surface area contributed by atoms with Crippen LogP contribution in [-0.2, 0) is 7.05 Å². The molecule has 5 heteroatoms. The van der Waals surface area contributed by atoms with Gasteiger partial charge >= 0.3 is 0 Å². The fraction of sp³-hybridized carbons (Fsp3) is 0.143. The van der Waals surface area contributed by atoms with Crippen LogP contribution in [0.1, 0.15) is 16.1 Å². The molecule has 0 saturated heterocycles. The Bertz CT molecular complexity index is 629. The number of methoxy groups -OCH3 is 1. The number of aromatic nitrogens is 2. The van der Waals surface area contributed by atoms with Crippen LogP contribution in [0.3, 0.4) is 0 Å². The second-order valence-corrected chi connectivity index (χ2v) is 3.96. The van der Waals surface area contributed by atoms with Gasteiger partial charge in [0.05, 0.1) is 12.8 Å². The average molecular weight is 258 g/mol. The van der Waals surface area contributed by atoms with E-state index in [1.807, 2.05) is 0 Å². The van der Waals surface area contributed by atoms with E-state index in [1.165, 1.54) is 25.3 Å². The van der Waals surface area contributed by atoms with E-state index in [1.54, 1.807) is 36.1 Å². The molecule has 98 valence electrons. The molecule has 0 bridgehead atoms. The van der Waals surface area contributed by atoms with Gasteiger partial charge in [-0.2, -0.15) is 5.10 Å². The van der Waals surface area contributed by atoms with Crippen molar-refractivity contribution in [2.45, 2.75) is 0 Å². The topological polar surface area (TPSA) is 64.3 Å². The van der Waals surface area contributed by atoms with Crippen LogP contribution in [0.5, 0.6) is 11.5 Å². The molecule has 19 heavy (non-hydrogen) atoms. The molecule has 0 saturated carbocycles. The summed E-state index contributed by atoms with van der Waals surface area (Å²) in [7, 11) is 3.24. The molecule has 0 amide bonds. The Morgan fingerprint density at radius 1 is 1.42 bits per heavy atom. The Morgan fingerprint density at radius 3 is 2.84 bits per heavy atom. The molecular formula is C14H14N2O3. The number of ketones is 1. The highest BCUT2D eigenvalue weighted by molar-refractivity contribution is 6.07. The smallest absolute Gasteiger partial charge is 0.186 e. The maximum absolute atomic E-state index is 12.0. The Hall–Kier alpha value is -2.56. The summed E-state index contributed by atoms with van der Waals surface area (Å²) in [5.41, 5.74) is 1.28. The number of hydrogen-bond donors (Lipinski definition) is 1.